The number of thiophene rings is 1. The van der Waals surface area contributed by atoms with Crippen LogP contribution in [-0.4, -0.2) is 26.9 Å². The first-order valence-electron chi connectivity index (χ1n) is 6.26. The first-order chi connectivity index (χ1) is 9.97. The molecular weight excluding hydrogens is 292 g/mol. The van der Waals surface area contributed by atoms with Gasteiger partial charge in [0.2, 0.25) is 0 Å². The van der Waals surface area contributed by atoms with Crippen LogP contribution in [0.25, 0.3) is 0 Å². The highest BCUT2D eigenvalue weighted by molar-refractivity contribution is 7.10. The summed E-state index contributed by atoms with van der Waals surface area (Å²) in [5, 5.41) is 20.1. The third-order valence-electron chi connectivity index (χ3n) is 2.96. The number of aliphatic carboxylic acids is 1. The van der Waals surface area contributed by atoms with Crippen LogP contribution in [-0.2, 0) is 18.4 Å². The van der Waals surface area contributed by atoms with E-state index in [1.807, 2.05) is 18.4 Å². The van der Waals surface area contributed by atoms with Gasteiger partial charge < -0.3 is 15.7 Å². The number of nitrogens with zero attached hydrogens (tertiary/aromatic N) is 2. The maximum Gasteiger partial charge on any atom is 0.331 e. The highest BCUT2D eigenvalue weighted by atomic mass is 32.1. The molecule has 21 heavy (non-hydrogen) atoms. The number of carboxylic acids is 1. The van der Waals surface area contributed by atoms with Gasteiger partial charge in [0.15, 0.2) is 6.04 Å². The van der Waals surface area contributed by atoms with Gasteiger partial charge in [0.05, 0.1) is 12.7 Å². The average Bonchev–Trinajstić information content (AvgIpc) is 3.02. The van der Waals surface area contributed by atoms with Crippen molar-refractivity contribution in [1.82, 2.24) is 20.4 Å². The molecule has 0 aliphatic carbocycles. The van der Waals surface area contributed by atoms with Gasteiger partial charge in [-0.3, -0.25) is 4.68 Å². The number of hydrogen-bond donors (Lipinski definition) is 3. The van der Waals surface area contributed by atoms with E-state index in [0.29, 0.717) is 12.1 Å². The number of carbonyl (C=O) groups is 2. The molecule has 0 fully saturated rings. The third-order valence-corrected chi connectivity index (χ3v) is 3.98. The van der Waals surface area contributed by atoms with Crippen LogP contribution >= 0.6 is 11.3 Å². The van der Waals surface area contributed by atoms with Crippen LogP contribution < -0.4 is 10.6 Å². The summed E-state index contributed by atoms with van der Waals surface area (Å²) in [5.74, 6) is -1.13. The lowest BCUT2D eigenvalue weighted by Gasteiger charge is -2.13. The van der Waals surface area contributed by atoms with Crippen molar-refractivity contribution in [1.29, 1.82) is 0 Å². The number of carbonyl (C=O) groups excluding carboxylic acids is 1. The molecule has 2 amide bonds. The standard InChI is InChI=1S/C13H16N4O3S/c1-8-3-4-21-10(8)6-14-13(20)16-11(12(18)19)9-5-15-17(2)7-9/h3-5,7,11H,6H2,1-2H3,(H,18,19)(H2,14,16,20). The summed E-state index contributed by atoms with van der Waals surface area (Å²) >= 11 is 1.54. The lowest BCUT2D eigenvalue weighted by molar-refractivity contribution is -0.139. The molecule has 0 bridgehead atoms. The lowest BCUT2D eigenvalue weighted by Crippen LogP contribution is -2.40. The Morgan fingerprint density at radius 3 is 2.81 bits per heavy atom. The van der Waals surface area contributed by atoms with Gasteiger partial charge in [-0.15, -0.1) is 11.3 Å². The van der Waals surface area contributed by atoms with E-state index in [9.17, 15) is 14.7 Å². The van der Waals surface area contributed by atoms with Crippen LogP contribution in [0.2, 0.25) is 0 Å². The fraction of sp³-hybridized carbons (Fsp3) is 0.308. The van der Waals surface area contributed by atoms with Crippen LogP contribution in [0.1, 0.15) is 22.0 Å². The fourth-order valence-electron chi connectivity index (χ4n) is 1.80. The van der Waals surface area contributed by atoms with Gasteiger partial charge in [-0.2, -0.15) is 5.10 Å². The first kappa shape index (κ1) is 15.0. The van der Waals surface area contributed by atoms with Gasteiger partial charge in [-0.1, -0.05) is 0 Å². The van der Waals surface area contributed by atoms with E-state index in [1.54, 1.807) is 24.6 Å². The summed E-state index contributed by atoms with van der Waals surface area (Å²) < 4.78 is 1.49. The van der Waals surface area contributed by atoms with E-state index in [-0.39, 0.29) is 0 Å². The largest absolute Gasteiger partial charge is 0.479 e. The van der Waals surface area contributed by atoms with Gasteiger partial charge in [0.25, 0.3) is 0 Å². The molecule has 112 valence electrons. The second-order valence-electron chi connectivity index (χ2n) is 4.57. The molecule has 0 spiro atoms. The minimum atomic E-state index is -1.13. The van der Waals surface area contributed by atoms with Crippen molar-refractivity contribution in [2.75, 3.05) is 0 Å². The monoisotopic (exact) mass is 308 g/mol. The fourth-order valence-corrected chi connectivity index (χ4v) is 2.65. The Balaban J connectivity index is 1.96. The maximum absolute atomic E-state index is 11.8. The molecule has 0 radical (unpaired) electrons. The van der Waals surface area contributed by atoms with Crippen molar-refractivity contribution < 1.29 is 14.7 Å². The molecule has 2 rings (SSSR count). The molecule has 2 aromatic rings. The Labute approximate surface area is 125 Å². The number of amides is 2. The maximum atomic E-state index is 11.8. The summed E-state index contributed by atoms with van der Waals surface area (Å²) in [4.78, 5) is 24.1. The zero-order chi connectivity index (χ0) is 15.4. The molecule has 0 saturated carbocycles. The van der Waals surface area contributed by atoms with E-state index >= 15 is 0 Å². The smallest absolute Gasteiger partial charge is 0.331 e. The summed E-state index contributed by atoms with van der Waals surface area (Å²) in [6.07, 6.45) is 2.98. The summed E-state index contributed by atoms with van der Waals surface area (Å²) in [6.45, 7) is 2.33. The minimum Gasteiger partial charge on any atom is -0.479 e. The van der Waals surface area contributed by atoms with Crippen LogP contribution in [0.4, 0.5) is 4.79 Å². The highest BCUT2D eigenvalue weighted by Gasteiger charge is 2.23. The Kier molecular flexibility index (Phi) is 4.59. The molecule has 0 aliphatic heterocycles. The van der Waals surface area contributed by atoms with E-state index in [2.05, 4.69) is 15.7 Å². The predicted molar refractivity (Wildman–Crippen MR) is 78.0 cm³/mol. The number of hydrogen-bond acceptors (Lipinski definition) is 4. The van der Waals surface area contributed by atoms with Crippen LogP contribution in [0, 0.1) is 6.92 Å². The van der Waals surface area contributed by atoms with Crippen molar-refractivity contribution in [2.24, 2.45) is 7.05 Å². The van der Waals surface area contributed by atoms with E-state index in [0.717, 1.165) is 10.4 Å². The topological polar surface area (TPSA) is 96.2 Å². The third kappa shape index (κ3) is 3.82. The summed E-state index contributed by atoms with van der Waals surface area (Å²) in [7, 11) is 1.68. The molecular formula is C13H16N4O3S. The van der Waals surface area contributed by atoms with Gasteiger partial charge >= 0.3 is 12.0 Å². The molecule has 7 nitrogen and oxygen atoms in total. The SMILES string of the molecule is Cc1ccsc1CNC(=O)NC(C(=O)O)c1cnn(C)c1. The van der Waals surface area contributed by atoms with Crippen LogP contribution in [0.3, 0.4) is 0 Å². The zero-order valence-corrected chi connectivity index (χ0v) is 12.5. The molecule has 0 saturated heterocycles. The lowest BCUT2D eigenvalue weighted by atomic mass is 10.1. The first-order valence-corrected chi connectivity index (χ1v) is 7.14. The second-order valence-corrected chi connectivity index (χ2v) is 5.57. The second kappa shape index (κ2) is 6.40. The van der Waals surface area contributed by atoms with E-state index in [4.69, 9.17) is 0 Å². The van der Waals surface area contributed by atoms with Crippen LogP contribution in [0.5, 0.6) is 0 Å². The predicted octanol–water partition coefficient (Wildman–Crippen LogP) is 1.42. The van der Waals surface area contributed by atoms with Crippen molar-refractivity contribution in [3.63, 3.8) is 0 Å². The van der Waals surface area contributed by atoms with Gasteiger partial charge in [0.1, 0.15) is 0 Å². The number of aryl methyl sites for hydroxylation is 2. The highest BCUT2D eigenvalue weighted by Crippen LogP contribution is 2.15. The minimum absolute atomic E-state index is 0.370. The number of carboxylic acid groups (broad SMARTS) is 1. The molecule has 1 unspecified atom stereocenters. The van der Waals surface area contributed by atoms with Gasteiger partial charge in [-0.05, 0) is 23.9 Å². The van der Waals surface area contributed by atoms with Crippen molar-refractivity contribution in [2.45, 2.75) is 19.5 Å². The molecule has 2 heterocycles. The summed E-state index contributed by atoms with van der Waals surface area (Å²) in [5.41, 5.74) is 1.52. The molecule has 3 N–H and O–H groups in total. The molecule has 8 heteroatoms. The Morgan fingerprint density at radius 2 is 2.29 bits per heavy atom. The van der Waals surface area contributed by atoms with Crippen molar-refractivity contribution >= 4 is 23.3 Å². The van der Waals surface area contributed by atoms with Gasteiger partial charge in [-0.25, -0.2) is 9.59 Å². The van der Waals surface area contributed by atoms with E-state index in [1.165, 1.54) is 10.9 Å². The Morgan fingerprint density at radius 1 is 1.52 bits per heavy atom. The molecule has 1 atom stereocenters. The number of rotatable bonds is 5. The van der Waals surface area contributed by atoms with Crippen LogP contribution in [0.15, 0.2) is 23.8 Å². The molecule has 0 aromatic carbocycles. The zero-order valence-electron chi connectivity index (χ0n) is 11.7. The summed E-state index contributed by atoms with van der Waals surface area (Å²) in [6, 6.07) is 0.317. The molecule has 0 aliphatic rings. The van der Waals surface area contributed by atoms with Crippen molar-refractivity contribution in [3.05, 3.63) is 39.8 Å². The Bertz CT molecular complexity index is 649. The van der Waals surface area contributed by atoms with Gasteiger partial charge in [0, 0.05) is 23.7 Å². The number of nitrogens with one attached hydrogen (secondary N) is 2. The number of urea groups is 1. The van der Waals surface area contributed by atoms with Crippen molar-refractivity contribution in [3.8, 4) is 0 Å². The number of aromatic nitrogens is 2. The normalized spacial score (nSPS) is 11.9. The molecule has 2 aromatic heterocycles. The Hall–Kier alpha value is -2.35. The van der Waals surface area contributed by atoms with E-state index < -0.39 is 18.0 Å². The quantitative estimate of drug-likeness (QED) is 0.778. The average molecular weight is 308 g/mol.